The molecular weight excluding hydrogens is 388 g/mol. The van der Waals surface area contributed by atoms with Gasteiger partial charge in [-0.25, -0.2) is 9.59 Å². The van der Waals surface area contributed by atoms with Crippen molar-refractivity contribution in [2.45, 2.75) is 32.3 Å². The van der Waals surface area contributed by atoms with Crippen LogP contribution in [0.25, 0.3) is 0 Å². The van der Waals surface area contributed by atoms with E-state index in [0.717, 1.165) is 19.6 Å². The fraction of sp³-hybridized carbons (Fsp3) is 0.500. The molecule has 1 aromatic rings. The normalized spacial score (nSPS) is 10.6. The van der Waals surface area contributed by atoms with Crippen LogP contribution in [0.4, 0.5) is 0 Å². The number of hydrogen-bond donors (Lipinski definition) is 4. The second-order valence-corrected chi connectivity index (χ2v) is 5.88. The van der Waals surface area contributed by atoms with Gasteiger partial charge in [0.1, 0.15) is 6.61 Å². The Labute approximate surface area is 167 Å². The molecule has 11 nitrogen and oxygen atoms in total. The number of aliphatic hydroxyl groups is 1. The van der Waals surface area contributed by atoms with Gasteiger partial charge >= 0.3 is 23.9 Å². The Hall–Kier alpha value is -3.05. The van der Waals surface area contributed by atoms with Crippen molar-refractivity contribution in [2.75, 3.05) is 26.2 Å². The van der Waals surface area contributed by atoms with Crippen LogP contribution in [0.1, 0.15) is 37.0 Å². The Bertz CT molecular complexity index is 659. The van der Waals surface area contributed by atoms with E-state index in [1.807, 2.05) is 0 Å². The van der Waals surface area contributed by atoms with E-state index in [-0.39, 0.29) is 5.97 Å². The molecule has 1 heterocycles. The van der Waals surface area contributed by atoms with Crippen LogP contribution in [0.3, 0.4) is 0 Å². The second kappa shape index (κ2) is 13.2. The van der Waals surface area contributed by atoms with Crippen LogP contribution in [0, 0.1) is 0 Å². The van der Waals surface area contributed by atoms with E-state index in [2.05, 4.69) is 23.7 Å². The van der Waals surface area contributed by atoms with E-state index in [0.29, 0.717) is 12.2 Å². The van der Waals surface area contributed by atoms with Crippen molar-refractivity contribution in [3.05, 3.63) is 30.1 Å². The average molecular weight is 414 g/mol. The van der Waals surface area contributed by atoms with Crippen molar-refractivity contribution >= 4 is 23.9 Å². The van der Waals surface area contributed by atoms with Gasteiger partial charge < -0.3 is 30.1 Å². The molecule has 0 fully saturated rings. The summed E-state index contributed by atoms with van der Waals surface area (Å²) in [7, 11) is 0. The fourth-order valence-corrected chi connectivity index (χ4v) is 2.09. The number of hydrogen-bond acceptors (Lipinski definition) is 8. The van der Waals surface area contributed by atoms with Crippen LogP contribution in [0.15, 0.2) is 24.5 Å². The molecule has 0 saturated heterocycles. The second-order valence-electron chi connectivity index (χ2n) is 5.88. The zero-order chi connectivity index (χ0) is 22.4. The highest BCUT2D eigenvalue weighted by Gasteiger charge is 2.40. The number of carboxylic acids is 3. The predicted octanol–water partition coefficient (Wildman–Crippen LogP) is 0.332. The molecule has 4 N–H and O–H groups in total. The molecule has 0 saturated carbocycles. The zero-order valence-electron chi connectivity index (χ0n) is 16.3. The SMILES string of the molecule is CCN(CC)CCOC(=O)c1cccnc1.O=C(O)CC(O)(CC(=O)O)C(=O)O. The van der Waals surface area contributed by atoms with E-state index in [1.165, 1.54) is 6.20 Å². The highest BCUT2D eigenvalue weighted by molar-refractivity contribution is 5.89. The first-order chi connectivity index (χ1) is 13.6. The van der Waals surface area contributed by atoms with E-state index in [1.54, 1.807) is 18.3 Å². The number of esters is 1. The molecule has 1 rings (SSSR count). The summed E-state index contributed by atoms with van der Waals surface area (Å²) in [6.07, 6.45) is 0.857. The molecule has 0 bridgehead atoms. The lowest BCUT2D eigenvalue weighted by Crippen LogP contribution is -2.42. The van der Waals surface area contributed by atoms with Gasteiger partial charge in [-0.2, -0.15) is 0 Å². The Morgan fingerprint density at radius 1 is 1.07 bits per heavy atom. The lowest BCUT2D eigenvalue weighted by molar-refractivity contribution is -0.170. The van der Waals surface area contributed by atoms with Crippen LogP contribution in [-0.4, -0.2) is 86.0 Å². The van der Waals surface area contributed by atoms with Gasteiger partial charge in [0.25, 0.3) is 0 Å². The molecular formula is C18H26N2O9. The number of aliphatic carboxylic acids is 3. The third-order valence-electron chi connectivity index (χ3n) is 3.72. The molecule has 162 valence electrons. The summed E-state index contributed by atoms with van der Waals surface area (Å²) in [6.45, 7) is 7.33. The Balaban J connectivity index is 0.000000555. The van der Waals surface area contributed by atoms with Gasteiger partial charge in [-0.15, -0.1) is 0 Å². The number of carboxylic acid groups (broad SMARTS) is 3. The summed E-state index contributed by atoms with van der Waals surface area (Å²) >= 11 is 0. The van der Waals surface area contributed by atoms with Crippen LogP contribution in [0.2, 0.25) is 0 Å². The molecule has 0 amide bonds. The Kier molecular flexibility index (Phi) is 11.8. The Morgan fingerprint density at radius 3 is 2.00 bits per heavy atom. The average Bonchev–Trinajstić information content (AvgIpc) is 2.65. The van der Waals surface area contributed by atoms with Gasteiger partial charge in [0.05, 0.1) is 18.4 Å². The molecule has 0 radical (unpaired) electrons. The monoisotopic (exact) mass is 414 g/mol. The number of carbonyl (C=O) groups is 4. The molecule has 1 aromatic heterocycles. The van der Waals surface area contributed by atoms with Crippen molar-refractivity contribution in [2.24, 2.45) is 0 Å². The van der Waals surface area contributed by atoms with E-state index in [4.69, 9.17) is 25.2 Å². The van der Waals surface area contributed by atoms with E-state index in [9.17, 15) is 19.2 Å². The number of carbonyl (C=O) groups excluding carboxylic acids is 1. The lowest BCUT2D eigenvalue weighted by Gasteiger charge is -2.18. The van der Waals surface area contributed by atoms with Crippen molar-refractivity contribution in [3.63, 3.8) is 0 Å². The van der Waals surface area contributed by atoms with Gasteiger partial charge in [-0.05, 0) is 25.2 Å². The van der Waals surface area contributed by atoms with Crippen molar-refractivity contribution in [1.82, 2.24) is 9.88 Å². The summed E-state index contributed by atoms with van der Waals surface area (Å²) in [5.41, 5.74) is -2.24. The molecule has 0 aliphatic heterocycles. The number of likely N-dealkylation sites (N-methyl/N-ethyl adjacent to an activating group) is 1. The smallest absolute Gasteiger partial charge is 0.339 e. The third-order valence-corrected chi connectivity index (χ3v) is 3.72. The molecule has 0 aliphatic rings. The molecule has 0 atom stereocenters. The summed E-state index contributed by atoms with van der Waals surface area (Å²) in [5, 5.41) is 33.8. The minimum absolute atomic E-state index is 0.305. The third kappa shape index (κ3) is 10.8. The summed E-state index contributed by atoms with van der Waals surface area (Å²) in [4.78, 5) is 48.1. The Morgan fingerprint density at radius 2 is 1.62 bits per heavy atom. The van der Waals surface area contributed by atoms with Gasteiger partial charge in [0, 0.05) is 18.9 Å². The fourth-order valence-electron chi connectivity index (χ4n) is 2.09. The highest BCUT2D eigenvalue weighted by Crippen LogP contribution is 2.15. The maximum Gasteiger partial charge on any atom is 0.339 e. The number of nitrogens with zero attached hydrogens (tertiary/aromatic N) is 2. The molecule has 11 heteroatoms. The van der Waals surface area contributed by atoms with Gasteiger partial charge in [0.15, 0.2) is 5.60 Å². The first-order valence-electron chi connectivity index (χ1n) is 8.74. The number of rotatable bonds is 11. The highest BCUT2D eigenvalue weighted by atomic mass is 16.5. The molecule has 29 heavy (non-hydrogen) atoms. The zero-order valence-corrected chi connectivity index (χ0v) is 16.3. The molecule has 0 aliphatic carbocycles. The predicted molar refractivity (Wildman–Crippen MR) is 99.4 cm³/mol. The molecule has 0 aromatic carbocycles. The summed E-state index contributed by atoms with van der Waals surface area (Å²) in [5.74, 6) is -5.32. The van der Waals surface area contributed by atoms with Crippen LogP contribution >= 0.6 is 0 Å². The van der Waals surface area contributed by atoms with Gasteiger partial charge in [0.2, 0.25) is 0 Å². The topological polar surface area (TPSA) is 175 Å². The number of pyridine rings is 1. The van der Waals surface area contributed by atoms with E-state index >= 15 is 0 Å². The van der Waals surface area contributed by atoms with Crippen LogP contribution < -0.4 is 0 Å². The van der Waals surface area contributed by atoms with Crippen molar-refractivity contribution in [1.29, 1.82) is 0 Å². The van der Waals surface area contributed by atoms with Crippen LogP contribution in [-0.2, 0) is 19.1 Å². The minimum Gasteiger partial charge on any atom is -0.481 e. The molecule has 0 spiro atoms. The first kappa shape index (κ1) is 26.0. The van der Waals surface area contributed by atoms with Gasteiger partial charge in [-0.3, -0.25) is 14.6 Å². The number of aromatic nitrogens is 1. The lowest BCUT2D eigenvalue weighted by atomic mass is 9.96. The standard InChI is InChI=1S/C12H18N2O2.C6H8O7/c1-3-14(4-2)8-9-16-12(15)11-6-5-7-13-10-11;7-3(8)1-6(13,5(11)12)2-4(9)10/h5-7,10H,3-4,8-9H2,1-2H3;13H,1-2H2,(H,7,8)(H,9,10)(H,11,12). The number of ether oxygens (including phenoxy) is 1. The van der Waals surface area contributed by atoms with Crippen molar-refractivity contribution < 1.29 is 44.3 Å². The van der Waals surface area contributed by atoms with Gasteiger partial charge in [-0.1, -0.05) is 13.8 Å². The molecule has 0 unspecified atom stereocenters. The maximum absolute atomic E-state index is 11.5. The largest absolute Gasteiger partial charge is 0.481 e. The van der Waals surface area contributed by atoms with E-state index < -0.39 is 36.4 Å². The summed E-state index contributed by atoms with van der Waals surface area (Å²) < 4.78 is 5.14. The summed E-state index contributed by atoms with van der Waals surface area (Å²) in [6, 6.07) is 3.42. The first-order valence-corrected chi connectivity index (χ1v) is 8.74. The quantitative estimate of drug-likeness (QED) is 0.367. The maximum atomic E-state index is 11.5. The van der Waals surface area contributed by atoms with Crippen LogP contribution in [0.5, 0.6) is 0 Å². The minimum atomic E-state index is -2.74. The van der Waals surface area contributed by atoms with Crippen molar-refractivity contribution in [3.8, 4) is 0 Å².